The van der Waals surface area contributed by atoms with Gasteiger partial charge in [-0.05, 0) is 0 Å². The van der Waals surface area contributed by atoms with Crippen molar-refractivity contribution in [2.45, 2.75) is 0 Å². The van der Waals surface area contributed by atoms with Gasteiger partial charge in [-0.2, -0.15) is 0 Å². The highest BCUT2D eigenvalue weighted by Gasteiger charge is 2.10. The zero-order chi connectivity index (χ0) is 10.4. The number of hydrogen-bond donors (Lipinski definition) is 2. The van der Waals surface area contributed by atoms with E-state index in [0.29, 0.717) is 11.1 Å². The van der Waals surface area contributed by atoms with Crippen LogP contribution in [0.2, 0.25) is 0 Å². The Morgan fingerprint density at radius 1 is 1.50 bits per heavy atom. The van der Waals surface area contributed by atoms with Crippen molar-refractivity contribution < 1.29 is 4.79 Å². The fraction of sp³-hybridized carbons (Fsp3) is 0.111. The van der Waals surface area contributed by atoms with E-state index in [9.17, 15) is 4.79 Å². The Bertz CT molecular complexity index is 368. The van der Waals surface area contributed by atoms with E-state index in [0.717, 1.165) is 0 Å². The Morgan fingerprint density at radius 2 is 2.14 bits per heavy atom. The fourth-order valence-corrected chi connectivity index (χ4v) is 0.918. The number of hydrazine groups is 1. The molecular formula is C9H10N4O. The van der Waals surface area contributed by atoms with Crippen LogP contribution >= 0.6 is 0 Å². The molecule has 0 saturated heterocycles. The number of aromatic nitrogens is 2. The first-order valence-corrected chi connectivity index (χ1v) is 3.92. The van der Waals surface area contributed by atoms with Crippen LogP contribution in [0.25, 0.3) is 5.57 Å². The van der Waals surface area contributed by atoms with Gasteiger partial charge >= 0.3 is 0 Å². The van der Waals surface area contributed by atoms with Crippen molar-refractivity contribution in [3.63, 3.8) is 0 Å². The summed E-state index contributed by atoms with van der Waals surface area (Å²) >= 11 is 0. The van der Waals surface area contributed by atoms with Crippen molar-refractivity contribution in [1.82, 2.24) is 20.8 Å². The molecule has 5 heteroatoms. The lowest BCUT2D eigenvalue weighted by Crippen LogP contribution is -2.34. The van der Waals surface area contributed by atoms with Crippen LogP contribution in [0.4, 0.5) is 0 Å². The van der Waals surface area contributed by atoms with Crippen LogP contribution in [-0.4, -0.2) is 22.9 Å². The van der Waals surface area contributed by atoms with Gasteiger partial charge in [0.15, 0.2) is 0 Å². The molecule has 0 bridgehead atoms. The number of hydrogen-bond acceptors (Lipinski definition) is 4. The number of carbonyl (C=O) groups excluding carboxylic acids is 1. The summed E-state index contributed by atoms with van der Waals surface area (Å²) in [5.74, 6) is -0.322. The van der Waals surface area contributed by atoms with E-state index in [1.54, 1.807) is 7.05 Å². The van der Waals surface area contributed by atoms with Gasteiger partial charge in [0, 0.05) is 25.0 Å². The number of amides is 1. The molecule has 1 aromatic heterocycles. The smallest absolute Gasteiger partial charge is 0.273 e. The van der Waals surface area contributed by atoms with Gasteiger partial charge in [0.05, 0.1) is 5.57 Å². The molecule has 1 heterocycles. The summed E-state index contributed by atoms with van der Waals surface area (Å²) in [5.41, 5.74) is 8.36. The molecule has 0 radical (unpaired) electrons. The summed E-state index contributed by atoms with van der Waals surface area (Å²) < 4.78 is 0. The average molecular weight is 190 g/mol. The third kappa shape index (κ3) is 2.26. The normalized spacial score (nSPS) is 8.93. The summed E-state index contributed by atoms with van der Waals surface area (Å²) in [6.07, 6.45) is 4.44. The molecule has 0 aliphatic rings. The minimum Gasteiger partial charge on any atom is -0.287 e. The third-order valence-corrected chi connectivity index (χ3v) is 1.49. The summed E-state index contributed by atoms with van der Waals surface area (Å²) in [6.45, 7) is 3.43. The fourth-order valence-electron chi connectivity index (χ4n) is 0.918. The predicted molar refractivity (Wildman–Crippen MR) is 51.8 cm³/mol. The van der Waals surface area contributed by atoms with Crippen LogP contribution in [0.15, 0.2) is 31.0 Å². The SMILES string of the molecule is C=C=C(C(=O)NNC)c1cncnc1. The Balaban J connectivity index is 2.96. The summed E-state index contributed by atoms with van der Waals surface area (Å²) in [7, 11) is 1.60. The van der Waals surface area contributed by atoms with E-state index >= 15 is 0 Å². The van der Waals surface area contributed by atoms with Crippen molar-refractivity contribution in [2.75, 3.05) is 7.05 Å². The molecule has 1 amide bonds. The maximum atomic E-state index is 11.4. The predicted octanol–water partition coefficient (Wildman–Crippen LogP) is -0.105. The molecule has 1 aromatic rings. The van der Waals surface area contributed by atoms with Crippen molar-refractivity contribution in [3.05, 3.63) is 36.6 Å². The summed E-state index contributed by atoms with van der Waals surface area (Å²) in [6, 6.07) is 0. The van der Waals surface area contributed by atoms with Crippen molar-refractivity contribution in [1.29, 1.82) is 0 Å². The highest BCUT2D eigenvalue weighted by Crippen LogP contribution is 2.09. The van der Waals surface area contributed by atoms with E-state index in [-0.39, 0.29) is 5.91 Å². The van der Waals surface area contributed by atoms with E-state index in [4.69, 9.17) is 0 Å². The van der Waals surface area contributed by atoms with Gasteiger partial charge in [-0.25, -0.2) is 15.4 Å². The van der Waals surface area contributed by atoms with Crippen LogP contribution in [0.3, 0.4) is 0 Å². The zero-order valence-corrected chi connectivity index (χ0v) is 7.74. The molecule has 5 nitrogen and oxygen atoms in total. The molecule has 0 aliphatic carbocycles. The number of nitrogens with one attached hydrogen (secondary N) is 2. The van der Waals surface area contributed by atoms with Crippen molar-refractivity contribution in [3.8, 4) is 0 Å². The molecule has 14 heavy (non-hydrogen) atoms. The van der Waals surface area contributed by atoms with Gasteiger partial charge in [-0.1, -0.05) is 6.58 Å². The molecule has 0 atom stereocenters. The Hall–Kier alpha value is -1.97. The summed E-state index contributed by atoms with van der Waals surface area (Å²) in [5, 5.41) is 0. The van der Waals surface area contributed by atoms with E-state index in [1.165, 1.54) is 18.7 Å². The first kappa shape index (κ1) is 10.1. The second kappa shape index (κ2) is 4.91. The molecule has 72 valence electrons. The Labute approximate surface area is 81.5 Å². The topological polar surface area (TPSA) is 66.9 Å². The highest BCUT2D eigenvalue weighted by molar-refractivity contribution is 6.18. The van der Waals surface area contributed by atoms with Gasteiger partial charge in [0.25, 0.3) is 5.91 Å². The largest absolute Gasteiger partial charge is 0.287 e. The second-order valence-electron chi connectivity index (χ2n) is 2.38. The maximum Gasteiger partial charge on any atom is 0.273 e. The number of nitrogens with zero attached hydrogens (tertiary/aromatic N) is 2. The third-order valence-electron chi connectivity index (χ3n) is 1.49. The minimum absolute atomic E-state index is 0.306. The monoisotopic (exact) mass is 190 g/mol. The molecule has 0 saturated carbocycles. The minimum atomic E-state index is -0.322. The molecule has 0 aromatic carbocycles. The lowest BCUT2D eigenvalue weighted by atomic mass is 10.1. The van der Waals surface area contributed by atoms with Crippen molar-refractivity contribution in [2.24, 2.45) is 0 Å². The maximum absolute atomic E-state index is 11.4. The van der Waals surface area contributed by atoms with Gasteiger partial charge in [0.2, 0.25) is 0 Å². The second-order valence-corrected chi connectivity index (χ2v) is 2.38. The van der Waals surface area contributed by atoms with Gasteiger partial charge in [0.1, 0.15) is 6.33 Å². The first-order valence-electron chi connectivity index (χ1n) is 3.92. The average Bonchev–Trinajstić information content (AvgIpc) is 2.21. The van der Waals surface area contributed by atoms with Crippen LogP contribution in [0, 0.1) is 0 Å². The van der Waals surface area contributed by atoms with Crippen LogP contribution < -0.4 is 10.9 Å². The lowest BCUT2D eigenvalue weighted by Gasteiger charge is -2.04. The molecule has 0 unspecified atom stereocenters. The zero-order valence-electron chi connectivity index (χ0n) is 7.74. The molecule has 0 aliphatic heterocycles. The van der Waals surface area contributed by atoms with Crippen molar-refractivity contribution >= 4 is 11.5 Å². The van der Waals surface area contributed by atoms with Crippen LogP contribution in [0.1, 0.15) is 5.56 Å². The summed E-state index contributed by atoms with van der Waals surface area (Å²) in [4.78, 5) is 19.0. The highest BCUT2D eigenvalue weighted by atomic mass is 16.2. The first-order chi connectivity index (χ1) is 6.79. The number of rotatable bonds is 3. The van der Waals surface area contributed by atoms with Crippen LogP contribution in [0.5, 0.6) is 0 Å². The molecule has 0 spiro atoms. The molecule has 1 rings (SSSR count). The van der Waals surface area contributed by atoms with E-state index in [2.05, 4.69) is 33.1 Å². The Kier molecular flexibility index (Phi) is 3.55. The lowest BCUT2D eigenvalue weighted by molar-refractivity contribution is -0.116. The van der Waals surface area contributed by atoms with E-state index < -0.39 is 0 Å². The Morgan fingerprint density at radius 3 is 2.64 bits per heavy atom. The van der Waals surface area contributed by atoms with Gasteiger partial charge in [-0.3, -0.25) is 10.2 Å². The quantitative estimate of drug-likeness (QED) is 0.396. The molecular weight excluding hydrogens is 180 g/mol. The van der Waals surface area contributed by atoms with E-state index in [1.807, 2.05) is 0 Å². The standard InChI is InChI=1S/C9H10N4O/c1-3-8(9(14)13-10-2)7-4-11-6-12-5-7/h4-6,10H,1H2,2H3,(H,13,14). The number of carbonyl (C=O) groups is 1. The molecule has 2 N–H and O–H groups in total. The molecule has 0 fully saturated rings. The van der Waals surface area contributed by atoms with Crippen LogP contribution in [-0.2, 0) is 4.79 Å². The van der Waals surface area contributed by atoms with Gasteiger partial charge < -0.3 is 0 Å². The van der Waals surface area contributed by atoms with Gasteiger partial charge in [-0.15, -0.1) is 5.73 Å².